The summed E-state index contributed by atoms with van der Waals surface area (Å²) in [5, 5.41) is 3.05. The third-order valence-corrected chi connectivity index (χ3v) is 5.44. The maximum absolute atomic E-state index is 12.2. The van der Waals surface area contributed by atoms with Gasteiger partial charge in [0.2, 0.25) is 5.91 Å². The predicted molar refractivity (Wildman–Crippen MR) is 108 cm³/mol. The Hall–Kier alpha value is -2.40. The zero-order chi connectivity index (χ0) is 19.2. The zero-order valence-electron chi connectivity index (χ0n) is 16.3. The molecule has 1 aromatic heterocycles. The molecule has 0 unspecified atom stereocenters. The van der Waals surface area contributed by atoms with Gasteiger partial charge in [0.05, 0.1) is 0 Å². The van der Waals surface area contributed by atoms with E-state index in [1.807, 2.05) is 13.0 Å². The molecule has 1 fully saturated rings. The molecule has 5 heteroatoms. The van der Waals surface area contributed by atoms with Crippen molar-refractivity contribution in [1.82, 2.24) is 14.8 Å². The van der Waals surface area contributed by atoms with Crippen molar-refractivity contribution in [3.05, 3.63) is 69.6 Å². The lowest BCUT2D eigenvalue weighted by atomic mass is 10.1. The van der Waals surface area contributed by atoms with Gasteiger partial charge >= 0.3 is 0 Å². The minimum absolute atomic E-state index is 0.0162. The fourth-order valence-corrected chi connectivity index (χ4v) is 3.72. The molecule has 1 aromatic carbocycles. The highest BCUT2D eigenvalue weighted by atomic mass is 16.1. The molecule has 0 aliphatic carbocycles. The van der Waals surface area contributed by atoms with Crippen LogP contribution in [0.5, 0.6) is 0 Å². The van der Waals surface area contributed by atoms with Crippen molar-refractivity contribution in [3.63, 3.8) is 0 Å². The Morgan fingerprint density at radius 2 is 1.96 bits per heavy atom. The van der Waals surface area contributed by atoms with Gasteiger partial charge in [0.25, 0.3) is 5.56 Å². The fourth-order valence-electron chi connectivity index (χ4n) is 3.72. The number of nitrogens with zero attached hydrogens (tertiary/aromatic N) is 2. The summed E-state index contributed by atoms with van der Waals surface area (Å²) < 4.78 is 1.65. The van der Waals surface area contributed by atoms with E-state index in [0.717, 1.165) is 31.7 Å². The first kappa shape index (κ1) is 19.4. The minimum atomic E-state index is -0.0505. The molecular weight excluding hydrogens is 338 g/mol. The van der Waals surface area contributed by atoms with Gasteiger partial charge in [0, 0.05) is 44.4 Å². The van der Waals surface area contributed by atoms with Crippen LogP contribution in [0.2, 0.25) is 0 Å². The van der Waals surface area contributed by atoms with E-state index < -0.39 is 0 Å². The second-order valence-electron chi connectivity index (χ2n) is 7.53. The van der Waals surface area contributed by atoms with Crippen LogP contribution < -0.4 is 10.9 Å². The summed E-state index contributed by atoms with van der Waals surface area (Å²) >= 11 is 0. The molecule has 2 heterocycles. The third kappa shape index (κ3) is 5.30. The fraction of sp³-hybridized carbons (Fsp3) is 0.455. The third-order valence-electron chi connectivity index (χ3n) is 5.44. The van der Waals surface area contributed by atoms with Crippen LogP contribution in [-0.4, -0.2) is 35.0 Å². The normalized spacial score (nSPS) is 17.2. The number of aromatic nitrogens is 1. The molecule has 5 nitrogen and oxygen atoms in total. The summed E-state index contributed by atoms with van der Waals surface area (Å²) in [5.74, 6) is 0.515. The number of rotatable bonds is 7. The van der Waals surface area contributed by atoms with Crippen molar-refractivity contribution in [2.45, 2.75) is 39.8 Å². The highest BCUT2D eigenvalue weighted by Gasteiger charge is 2.23. The Labute approximate surface area is 161 Å². The predicted octanol–water partition coefficient (Wildman–Crippen LogP) is 2.49. The molecule has 1 saturated heterocycles. The SMILES string of the molecule is Cc1ccccc1CN1CC[C@@H](CNC(=O)CCn2c(C)cccc2=O)C1. The maximum atomic E-state index is 12.2. The molecule has 0 saturated carbocycles. The molecule has 1 aliphatic heterocycles. The quantitative estimate of drug-likeness (QED) is 0.818. The molecule has 144 valence electrons. The number of hydrogen-bond acceptors (Lipinski definition) is 3. The van der Waals surface area contributed by atoms with Gasteiger partial charge in [0.1, 0.15) is 0 Å². The number of hydrogen-bond donors (Lipinski definition) is 1. The van der Waals surface area contributed by atoms with E-state index in [-0.39, 0.29) is 11.5 Å². The van der Waals surface area contributed by atoms with Crippen LogP contribution in [0.25, 0.3) is 0 Å². The van der Waals surface area contributed by atoms with Crippen LogP contribution in [-0.2, 0) is 17.9 Å². The number of likely N-dealkylation sites (tertiary alicyclic amines) is 1. The Bertz CT molecular complexity index is 843. The highest BCUT2D eigenvalue weighted by molar-refractivity contribution is 5.75. The second kappa shape index (κ2) is 9.00. The average Bonchev–Trinajstić information content (AvgIpc) is 3.09. The zero-order valence-corrected chi connectivity index (χ0v) is 16.3. The highest BCUT2D eigenvalue weighted by Crippen LogP contribution is 2.19. The Morgan fingerprint density at radius 1 is 1.15 bits per heavy atom. The number of pyridine rings is 1. The lowest BCUT2D eigenvalue weighted by Crippen LogP contribution is -2.32. The maximum Gasteiger partial charge on any atom is 0.250 e. The summed E-state index contributed by atoms with van der Waals surface area (Å²) in [5.41, 5.74) is 3.55. The monoisotopic (exact) mass is 367 g/mol. The molecule has 1 amide bonds. The molecule has 1 atom stereocenters. The topological polar surface area (TPSA) is 54.3 Å². The van der Waals surface area contributed by atoms with E-state index in [9.17, 15) is 9.59 Å². The first-order valence-electron chi connectivity index (χ1n) is 9.73. The standard InChI is InChI=1S/C22H29N3O2/c1-17-6-3-4-8-20(17)16-24-12-10-19(15-24)14-23-21(26)11-13-25-18(2)7-5-9-22(25)27/h3-9,19H,10-16H2,1-2H3,(H,23,26)/t19-/m0/s1. The van der Waals surface area contributed by atoms with E-state index in [0.29, 0.717) is 25.4 Å². The number of carbonyl (C=O) groups is 1. The summed E-state index contributed by atoms with van der Waals surface area (Å²) in [4.78, 5) is 26.5. The van der Waals surface area contributed by atoms with E-state index >= 15 is 0 Å². The van der Waals surface area contributed by atoms with Gasteiger partial charge in [-0.1, -0.05) is 30.3 Å². The number of benzene rings is 1. The lowest BCUT2D eigenvalue weighted by Gasteiger charge is -2.18. The summed E-state index contributed by atoms with van der Waals surface area (Å²) in [6, 6.07) is 13.7. The van der Waals surface area contributed by atoms with Gasteiger partial charge in [-0.2, -0.15) is 0 Å². The van der Waals surface area contributed by atoms with Crippen molar-refractivity contribution in [2.24, 2.45) is 5.92 Å². The molecule has 0 bridgehead atoms. The van der Waals surface area contributed by atoms with Gasteiger partial charge in [-0.25, -0.2) is 0 Å². The average molecular weight is 367 g/mol. The summed E-state index contributed by atoms with van der Waals surface area (Å²) in [6.45, 7) is 8.27. The summed E-state index contributed by atoms with van der Waals surface area (Å²) in [7, 11) is 0. The van der Waals surface area contributed by atoms with Crippen LogP contribution in [0, 0.1) is 19.8 Å². The molecule has 3 rings (SSSR count). The Balaban J connectivity index is 1.41. The number of carbonyl (C=O) groups excluding carboxylic acids is 1. The van der Waals surface area contributed by atoms with Crippen LogP contribution in [0.15, 0.2) is 47.3 Å². The molecular formula is C22H29N3O2. The number of aryl methyl sites for hydroxylation is 2. The largest absolute Gasteiger partial charge is 0.356 e. The van der Waals surface area contributed by atoms with E-state index in [2.05, 4.69) is 41.4 Å². The lowest BCUT2D eigenvalue weighted by molar-refractivity contribution is -0.121. The van der Waals surface area contributed by atoms with E-state index in [1.165, 1.54) is 17.2 Å². The molecule has 0 spiro atoms. The van der Waals surface area contributed by atoms with Gasteiger partial charge in [-0.15, -0.1) is 0 Å². The molecule has 27 heavy (non-hydrogen) atoms. The van der Waals surface area contributed by atoms with Crippen molar-refractivity contribution >= 4 is 5.91 Å². The Kier molecular flexibility index (Phi) is 6.45. The van der Waals surface area contributed by atoms with Gasteiger partial charge in [-0.05, 0) is 49.9 Å². The molecule has 1 aliphatic rings. The van der Waals surface area contributed by atoms with Crippen molar-refractivity contribution in [1.29, 1.82) is 0 Å². The number of amides is 1. The van der Waals surface area contributed by atoms with Crippen LogP contribution in [0.3, 0.4) is 0 Å². The van der Waals surface area contributed by atoms with Gasteiger partial charge in [0.15, 0.2) is 0 Å². The van der Waals surface area contributed by atoms with Crippen molar-refractivity contribution < 1.29 is 4.79 Å². The van der Waals surface area contributed by atoms with Crippen LogP contribution in [0.1, 0.15) is 29.7 Å². The summed E-state index contributed by atoms with van der Waals surface area (Å²) in [6.07, 6.45) is 1.45. The smallest absolute Gasteiger partial charge is 0.250 e. The minimum Gasteiger partial charge on any atom is -0.356 e. The van der Waals surface area contributed by atoms with E-state index in [4.69, 9.17) is 0 Å². The Morgan fingerprint density at radius 3 is 2.74 bits per heavy atom. The van der Waals surface area contributed by atoms with E-state index in [1.54, 1.807) is 10.6 Å². The number of nitrogens with one attached hydrogen (secondary N) is 1. The van der Waals surface area contributed by atoms with Crippen LogP contribution >= 0.6 is 0 Å². The first-order valence-corrected chi connectivity index (χ1v) is 9.73. The van der Waals surface area contributed by atoms with Crippen LogP contribution in [0.4, 0.5) is 0 Å². The van der Waals surface area contributed by atoms with Crippen molar-refractivity contribution in [2.75, 3.05) is 19.6 Å². The molecule has 2 aromatic rings. The first-order chi connectivity index (χ1) is 13.0. The van der Waals surface area contributed by atoms with Gasteiger partial charge < -0.3 is 9.88 Å². The van der Waals surface area contributed by atoms with Crippen molar-refractivity contribution in [3.8, 4) is 0 Å². The molecule has 0 radical (unpaired) electrons. The van der Waals surface area contributed by atoms with Gasteiger partial charge in [-0.3, -0.25) is 14.5 Å². The molecule has 1 N–H and O–H groups in total. The second-order valence-corrected chi connectivity index (χ2v) is 7.53.